The highest BCUT2D eigenvalue weighted by molar-refractivity contribution is 5.78. The number of carbonyl (C=O) groups excluding carboxylic acids is 1. The second-order valence-corrected chi connectivity index (χ2v) is 6.15. The van der Waals surface area contributed by atoms with E-state index in [2.05, 4.69) is 10.6 Å². The predicted molar refractivity (Wildman–Crippen MR) is 82.0 cm³/mol. The third kappa shape index (κ3) is 5.21. The first kappa shape index (κ1) is 16.5. The van der Waals surface area contributed by atoms with Crippen molar-refractivity contribution in [3.8, 4) is 5.75 Å². The summed E-state index contributed by atoms with van der Waals surface area (Å²) in [4.78, 5) is 11.8. The minimum Gasteiger partial charge on any atom is -0.496 e. The van der Waals surface area contributed by atoms with Gasteiger partial charge in [-0.15, -0.1) is 0 Å². The van der Waals surface area contributed by atoms with Gasteiger partial charge in [0, 0.05) is 17.1 Å². The summed E-state index contributed by atoms with van der Waals surface area (Å²) in [6, 6.07) is 6.14. The van der Waals surface area contributed by atoms with Gasteiger partial charge in [0.1, 0.15) is 5.75 Å². The quantitative estimate of drug-likeness (QED) is 0.870. The van der Waals surface area contributed by atoms with E-state index < -0.39 is 0 Å². The first-order valence-electron chi connectivity index (χ1n) is 6.92. The molecule has 0 spiro atoms. The molecule has 0 aliphatic heterocycles. The molecule has 0 heterocycles. The Balaban J connectivity index is 2.63. The molecule has 112 valence electrons. The lowest BCUT2D eigenvalue weighted by Gasteiger charge is -2.22. The fraction of sp³-hybridized carbons (Fsp3) is 0.562. The molecule has 0 aliphatic carbocycles. The summed E-state index contributed by atoms with van der Waals surface area (Å²) in [5, 5.41) is 6.15. The van der Waals surface area contributed by atoms with E-state index in [-0.39, 0.29) is 24.0 Å². The number of hydrogen-bond donors (Lipinski definition) is 2. The Morgan fingerprint density at radius 3 is 2.55 bits per heavy atom. The van der Waals surface area contributed by atoms with Gasteiger partial charge in [-0.25, -0.2) is 0 Å². The molecule has 0 aliphatic rings. The first-order valence-corrected chi connectivity index (χ1v) is 6.92. The van der Waals surface area contributed by atoms with E-state index in [0.29, 0.717) is 0 Å². The van der Waals surface area contributed by atoms with Crippen LogP contribution in [-0.4, -0.2) is 25.1 Å². The van der Waals surface area contributed by atoms with Gasteiger partial charge in [-0.2, -0.15) is 0 Å². The SMILES string of the molecule is COc1cc(C)ccc1C(C)NCC(=O)NC(C)(C)C. The van der Waals surface area contributed by atoms with E-state index in [1.165, 1.54) is 0 Å². The van der Waals surface area contributed by atoms with Gasteiger partial charge in [-0.1, -0.05) is 12.1 Å². The Labute approximate surface area is 121 Å². The van der Waals surface area contributed by atoms with Gasteiger partial charge in [0.2, 0.25) is 5.91 Å². The van der Waals surface area contributed by atoms with Gasteiger partial charge in [0.05, 0.1) is 13.7 Å². The first-order chi connectivity index (χ1) is 9.23. The highest BCUT2D eigenvalue weighted by atomic mass is 16.5. The van der Waals surface area contributed by atoms with Crippen molar-refractivity contribution >= 4 is 5.91 Å². The highest BCUT2D eigenvalue weighted by Crippen LogP contribution is 2.25. The predicted octanol–water partition coefficient (Wildman–Crippen LogP) is 2.57. The number of benzene rings is 1. The van der Waals surface area contributed by atoms with Crippen LogP contribution in [0.3, 0.4) is 0 Å². The second-order valence-electron chi connectivity index (χ2n) is 6.15. The summed E-state index contributed by atoms with van der Waals surface area (Å²) in [7, 11) is 1.66. The number of rotatable bonds is 5. The van der Waals surface area contributed by atoms with E-state index in [1.807, 2.05) is 52.8 Å². The average Bonchev–Trinajstić information content (AvgIpc) is 2.33. The molecule has 0 radical (unpaired) electrons. The van der Waals surface area contributed by atoms with E-state index in [1.54, 1.807) is 7.11 Å². The fourth-order valence-corrected chi connectivity index (χ4v) is 1.99. The van der Waals surface area contributed by atoms with Crippen LogP contribution >= 0.6 is 0 Å². The van der Waals surface area contributed by atoms with Crippen LogP contribution in [0.25, 0.3) is 0 Å². The molecule has 0 fully saturated rings. The van der Waals surface area contributed by atoms with Crippen LogP contribution in [0.5, 0.6) is 5.75 Å². The summed E-state index contributed by atoms with van der Waals surface area (Å²) < 4.78 is 5.39. The standard InChI is InChI=1S/C16H26N2O2/c1-11-7-8-13(14(9-11)20-6)12(2)17-10-15(19)18-16(3,4)5/h7-9,12,17H,10H2,1-6H3,(H,18,19). The number of hydrogen-bond acceptors (Lipinski definition) is 3. The van der Waals surface area contributed by atoms with Crippen molar-refractivity contribution in [1.82, 2.24) is 10.6 Å². The van der Waals surface area contributed by atoms with Crippen molar-refractivity contribution in [2.24, 2.45) is 0 Å². The van der Waals surface area contributed by atoms with Gasteiger partial charge in [-0.05, 0) is 46.2 Å². The van der Waals surface area contributed by atoms with Crippen molar-refractivity contribution in [2.75, 3.05) is 13.7 Å². The van der Waals surface area contributed by atoms with Crippen LogP contribution in [-0.2, 0) is 4.79 Å². The molecule has 1 aromatic carbocycles. The monoisotopic (exact) mass is 278 g/mol. The van der Waals surface area contributed by atoms with E-state index in [9.17, 15) is 4.79 Å². The van der Waals surface area contributed by atoms with Gasteiger partial charge < -0.3 is 15.4 Å². The largest absolute Gasteiger partial charge is 0.496 e. The molecule has 4 nitrogen and oxygen atoms in total. The summed E-state index contributed by atoms with van der Waals surface area (Å²) in [6.45, 7) is 10.3. The van der Waals surface area contributed by atoms with Crippen LogP contribution in [0, 0.1) is 6.92 Å². The number of ether oxygens (including phenoxy) is 1. The molecular weight excluding hydrogens is 252 g/mol. The lowest BCUT2D eigenvalue weighted by atomic mass is 10.0. The molecule has 20 heavy (non-hydrogen) atoms. The van der Waals surface area contributed by atoms with Gasteiger partial charge in [0.15, 0.2) is 0 Å². The second kappa shape index (κ2) is 6.75. The highest BCUT2D eigenvalue weighted by Gasteiger charge is 2.16. The molecule has 1 amide bonds. The Kier molecular flexibility index (Phi) is 5.57. The summed E-state index contributed by atoms with van der Waals surface area (Å²) >= 11 is 0. The fourth-order valence-electron chi connectivity index (χ4n) is 1.99. The molecule has 0 saturated heterocycles. The zero-order valence-electron chi connectivity index (χ0n) is 13.3. The maximum atomic E-state index is 11.8. The molecular formula is C16H26N2O2. The van der Waals surface area contributed by atoms with Crippen LogP contribution in [0.2, 0.25) is 0 Å². The lowest BCUT2D eigenvalue weighted by Crippen LogP contribution is -2.45. The average molecular weight is 278 g/mol. The smallest absolute Gasteiger partial charge is 0.234 e. The third-order valence-corrected chi connectivity index (χ3v) is 2.94. The minimum absolute atomic E-state index is 0.00423. The molecule has 0 saturated carbocycles. The molecule has 2 N–H and O–H groups in total. The topological polar surface area (TPSA) is 50.4 Å². The number of carbonyl (C=O) groups is 1. The number of amides is 1. The molecule has 4 heteroatoms. The number of aryl methyl sites for hydroxylation is 1. The van der Waals surface area contributed by atoms with Gasteiger partial charge >= 0.3 is 0 Å². The van der Waals surface area contributed by atoms with Gasteiger partial charge in [0.25, 0.3) is 0 Å². The molecule has 0 bridgehead atoms. The summed E-state index contributed by atoms with van der Waals surface area (Å²) in [5.41, 5.74) is 2.01. The van der Waals surface area contributed by atoms with Crippen LogP contribution in [0.1, 0.15) is 44.9 Å². The van der Waals surface area contributed by atoms with Crippen LogP contribution in [0.15, 0.2) is 18.2 Å². The lowest BCUT2D eigenvalue weighted by molar-refractivity contribution is -0.121. The Morgan fingerprint density at radius 1 is 1.35 bits per heavy atom. The maximum Gasteiger partial charge on any atom is 0.234 e. The third-order valence-electron chi connectivity index (χ3n) is 2.94. The molecule has 1 rings (SSSR count). The van der Waals surface area contributed by atoms with Gasteiger partial charge in [-0.3, -0.25) is 4.79 Å². The zero-order chi connectivity index (χ0) is 15.3. The van der Waals surface area contributed by atoms with E-state index >= 15 is 0 Å². The molecule has 0 aromatic heterocycles. The molecule has 1 atom stereocenters. The minimum atomic E-state index is -0.205. The van der Waals surface area contributed by atoms with Crippen molar-refractivity contribution in [1.29, 1.82) is 0 Å². The van der Waals surface area contributed by atoms with Crippen LogP contribution < -0.4 is 15.4 Å². The van der Waals surface area contributed by atoms with Crippen molar-refractivity contribution in [2.45, 2.75) is 46.2 Å². The maximum absolute atomic E-state index is 11.8. The number of nitrogens with one attached hydrogen (secondary N) is 2. The Hall–Kier alpha value is -1.55. The van der Waals surface area contributed by atoms with Crippen molar-refractivity contribution in [3.63, 3.8) is 0 Å². The summed E-state index contributed by atoms with van der Waals surface area (Å²) in [5.74, 6) is 0.844. The van der Waals surface area contributed by atoms with Crippen molar-refractivity contribution < 1.29 is 9.53 Å². The molecule has 1 unspecified atom stereocenters. The normalized spacial score (nSPS) is 12.9. The van der Waals surface area contributed by atoms with Crippen molar-refractivity contribution in [3.05, 3.63) is 29.3 Å². The molecule has 1 aromatic rings. The Morgan fingerprint density at radius 2 is 2.00 bits per heavy atom. The van der Waals surface area contributed by atoms with E-state index in [0.717, 1.165) is 16.9 Å². The summed E-state index contributed by atoms with van der Waals surface area (Å²) in [6.07, 6.45) is 0. The zero-order valence-corrected chi connectivity index (χ0v) is 13.3. The Bertz CT molecular complexity index is 464. The number of methoxy groups -OCH3 is 1. The van der Waals surface area contributed by atoms with E-state index in [4.69, 9.17) is 4.74 Å². The van der Waals surface area contributed by atoms with Crippen LogP contribution in [0.4, 0.5) is 0 Å².